The standard InChI is InChI=1S/C13H24N2O.ClH/c14-9-5-12(16)15-10-4-8-13(11-15)6-2-1-3-7-13;/h1-11,14H2;1H. The molecule has 1 spiro atoms. The number of carbonyl (C=O) groups is 1. The fourth-order valence-electron chi connectivity index (χ4n) is 3.41. The van der Waals surface area contributed by atoms with Crippen LogP contribution in [0.25, 0.3) is 0 Å². The number of hydrogen-bond acceptors (Lipinski definition) is 2. The zero-order valence-corrected chi connectivity index (χ0v) is 11.4. The van der Waals surface area contributed by atoms with Gasteiger partial charge in [0.1, 0.15) is 0 Å². The molecular weight excluding hydrogens is 236 g/mol. The van der Waals surface area contributed by atoms with Gasteiger partial charge in [-0.15, -0.1) is 12.4 Å². The van der Waals surface area contributed by atoms with Crippen LogP contribution in [0.2, 0.25) is 0 Å². The molecule has 1 saturated heterocycles. The molecule has 1 aliphatic heterocycles. The zero-order chi connectivity index (χ0) is 11.4. The van der Waals surface area contributed by atoms with Gasteiger partial charge in [-0.2, -0.15) is 0 Å². The molecule has 1 saturated carbocycles. The van der Waals surface area contributed by atoms with E-state index in [2.05, 4.69) is 4.90 Å². The maximum Gasteiger partial charge on any atom is 0.223 e. The third-order valence-electron chi connectivity index (χ3n) is 4.29. The second-order valence-electron chi connectivity index (χ2n) is 5.52. The molecule has 0 bridgehead atoms. The fourth-order valence-corrected chi connectivity index (χ4v) is 3.41. The van der Waals surface area contributed by atoms with Gasteiger partial charge in [-0.25, -0.2) is 0 Å². The summed E-state index contributed by atoms with van der Waals surface area (Å²) in [5, 5.41) is 0. The summed E-state index contributed by atoms with van der Waals surface area (Å²) in [5.74, 6) is 0.271. The third kappa shape index (κ3) is 3.59. The van der Waals surface area contributed by atoms with Gasteiger partial charge < -0.3 is 10.6 Å². The number of carbonyl (C=O) groups excluding carboxylic acids is 1. The highest BCUT2D eigenvalue weighted by atomic mass is 35.5. The van der Waals surface area contributed by atoms with Crippen molar-refractivity contribution in [3.8, 4) is 0 Å². The van der Waals surface area contributed by atoms with Gasteiger partial charge in [-0.3, -0.25) is 4.79 Å². The van der Waals surface area contributed by atoms with Crippen molar-refractivity contribution in [1.29, 1.82) is 0 Å². The molecule has 0 aromatic heterocycles. The minimum atomic E-state index is 0. The molecule has 1 heterocycles. The Bertz CT molecular complexity index is 246. The lowest BCUT2D eigenvalue weighted by Crippen LogP contribution is -2.47. The minimum absolute atomic E-state index is 0. The van der Waals surface area contributed by atoms with Gasteiger partial charge in [0.25, 0.3) is 0 Å². The fraction of sp³-hybridized carbons (Fsp3) is 0.923. The topological polar surface area (TPSA) is 46.3 Å². The maximum absolute atomic E-state index is 11.9. The number of rotatable bonds is 2. The molecule has 4 heteroatoms. The SMILES string of the molecule is Cl.NCCC(=O)N1CCCC2(CCCCC2)C1. The first-order valence-electron chi connectivity index (χ1n) is 6.74. The van der Waals surface area contributed by atoms with Gasteiger partial charge >= 0.3 is 0 Å². The van der Waals surface area contributed by atoms with Crippen molar-refractivity contribution in [2.24, 2.45) is 11.1 Å². The molecule has 17 heavy (non-hydrogen) atoms. The number of hydrogen-bond donors (Lipinski definition) is 1. The van der Waals surface area contributed by atoms with E-state index in [4.69, 9.17) is 5.73 Å². The van der Waals surface area contributed by atoms with Crippen molar-refractivity contribution < 1.29 is 4.79 Å². The van der Waals surface area contributed by atoms with E-state index >= 15 is 0 Å². The highest BCUT2D eigenvalue weighted by Crippen LogP contribution is 2.43. The molecule has 0 aromatic rings. The van der Waals surface area contributed by atoms with Gasteiger partial charge in [0.15, 0.2) is 0 Å². The van der Waals surface area contributed by atoms with Crippen molar-refractivity contribution in [1.82, 2.24) is 4.90 Å². The molecule has 2 aliphatic rings. The van der Waals surface area contributed by atoms with Crippen LogP contribution >= 0.6 is 12.4 Å². The van der Waals surface area contributed by atoms with Crippen molar-refractivity contribution in [3.63, 3.8) is 0 Å². The molecule has 0 radical (unpaired) electrons. The predicted octanol–water partition coefficient (Wildman–Crippen LogP) is 2.33. The van der Waals surface area contributed by atoms with Crippen LogP contribution in [0.1, 0.15) is 51.4 Å². The summed E-state index contributed by atoms with van der Waals surface area (Å²) >= 11 is 0. The highest BCUT2D eigenvalue weighted by Gasteiger charge is 2.37. The van der Waals surface area contributed by atoms with Gasteiger partial charge in [0, 0.05) is 26.1 Å². The first-order valence-corrected chi connectivity index (χ1v) is 6.74. The number of likely N-dealkylation sites (tertiary alicyclic amines) is 1. The Morgan fingerprint density at radius 3 is 2.41 bits per heavy atom. The number of halogens is 1. The lowest BCUT2D eigenvalue weighted by molar-refractivity contribution is -0.135. The van der Waals surface area contributed by atoms with Crippen molar-refractivity contribution >= 4 is 18.3 Å². The van der Waals surface area contributed by atoms with Gasteiger partial charge in [0.2, 0.25) is 5.91 Å². The van der Waals surface area contributed by atoms with Gasteiger partial charge in [-0.05, 0) is 31.1 Å². The molecule has 1 aliphatic carbocycles. The predicted molar refractivity (Wildman–Crippen MR) is 72.3 cm³/mol. The maximum atomic E-state index is 11.9. The smallest absolute Gasteiger partial charge is 0.223 e. The van der Waals surface area contributed by atoms with Crippen LogP contribution in [0.3, 0.4) is 0 Å². The Hall–Kier alpha value is -0.280. The van der Waals surface area contributed by atoms with Crippen LogP contribution in [-0.2, 0) is 4.79 Å². The quantitative estimate of drug-likeness (QED) is 0.828. The molecule has 100 valence electrons. The summed E-state index contributed by atoms with van der Waals surface area (Å²) < 4.78 is 0. The van der Waals surface area contributed by atoms with E-state index in [0.29, 0.717) is 18.4 Å². The summed E-state index contributed by atoms with van der Waals surface area (Å²) in [6.07, 6.45) is 9.82. The average Bonchev–Trinajstić information content (AvgIpc) is 2.30. The number of piperidine rings is 1. The van der Waals surface area contributed by atoms with Crippen molar-refractivity contribution in [2.45, 2.75) is 51.4 Å². The van der Waals surface area contributed by atoms with Crippen molar-refractivity contribution in [2.75, 3.05) is 19.6 Å². The molecule has 0 aromatic carbocycles. The van der Waals surface area contributed by atoms with E-state index in [1.807, 2.05) is 0 Å². The first kappa shape index (κ1) is 14.8. The Labute approximate surface area is 111 Å². The molecule has 2 N–H and O–H groups in total. The molecule has 3 nitrogen and oxygen atoms in total. The van der Waals surface area contributed by atoms with E-state index in [-0.39, 0.29) is 18.3 Å². The van der Waals surface area contributed by atoms with E-state index in [9.17, 15) is 4.79 Å². The average molecular weight is 261 g/mol. The van der Waals surface area contributed by atoms with Crippen LogP contribution in [0.4, 0.5) is 0 Å². The van der Waals surface area contributed by atoms with Crippen LogP contribution in [0.15, 0.2) is 0 Å². The Morgan fingerprint density at radius 1 is 1.12 bits per heavy atom. The van der Waals surface area contributed by atoms with Crippen LogP contribution in [0, 0.1) is 5.41 Å². The summed E-state index contributed by atoms with van der Waals surface area (Å²) in [4.78, 5) is 13.9. The zero-order valence-electron chi connectivity index (χ0n) is 10.6. The second kappa shape index (κ2) is 6.60. The Balaban J connectivity index is 0.00000144. The summed E-state index contributed by atoms with van der Waals surface area (Å²) in [6.45, 7) is 2.45. The number of nitrogens with two attached hydrogens (primary N) is 1. The molecule has 2 fully saturated rings. The third-order valence-corrected chi connectivity index (χ3v) is 4.29. The molecule has 1 amide bonds. The summed E-state index contributed by atoms with van der Waals surface area (Å²) in [6, 6.07) is 0. The normalized spacial score (nSPS) is 23.2. The Kier molecular flexibility index (Phi) is 5.74. The molecule has 0 atom stereocenters. The van der Waals surface area contributed by atoms with E-state index in [1.165, 1.54) is 44.9 Å². The van der Waals surface area contributed by atoms with Gasteiger partial charge in [0.05, 0.1) is 0 Å². The van der Waals surface area contributed by atoms with Crippen LogP contribution in [0.5, 0.6) is 0 Å². The van der Waals surface area contributed by atoms with Crippen LogP contribution in [-0.4, -0.2) is 30.4 Å². The Morgan fingerprint density at radius 2 is 1.76 bits per heavy atom. The van der Waals surface area contributed by atoms with Gasteiger partial charge in [-0.1, -0.05) is 19.3 Å². The summed E-state index contributed by atoms with van der Waals surface area (Å²) in [5.41, 5.74) is 5.93. The van der Waals surface area contributed by atoms with E-state index < -0.39 is 0 Å². The first-order chi connectivity index (χ1) is 7.76. The second-order valence-corrected chi connectivity index (χ2v) is 5.52. The number of amides is 1. The monoisotopic (exact) mass is 260 g/mol. The molecule has 2 rings (SSSR count). The minimum Gasteiger partial charge on any atom is -0.342 e. The largest absolute Gasteiger partial charge is 0.342 e. The molecular formula is C13H25ClN2O. The summed E-state index contributed by atoms with van der Waals surface area (Å²) in [7, 11) is 0. The van der Waals surface area contributed by atoms with E-state index in [1.54, 1.807) is 0 Å². The molecule has 0 unspecified atom stereocenters. The lowest BCUT2D eigenvalue weighted by Gasteiger charge is -2.45. The number of nitrogens with zero attached hydrogens (tertiary/aromatic N) is 1. The van der Waals surface area contributed by atoms with Crippen molar-refractivity contribution in [3.05, 3.63) is 0 Å². The van der Waals surface area contributed by atoms with E-state index in [0.717, 1.165) is 13.1 Å². The highest BCUT2D eigenvalue weighted by molar-refractivity contribution is 5.85. The van der Waals surface area contributed by atoms with Crippen LogP contribution < -0.4 is 5.73 Å². The lowest BCUT2D eigenvalue weighted by atomic mass is 9.69.